The number of para-hydroxylation sites is 1. The van der Waals surface area contributed by atoms with Gasteiger partial charge in [-0.1, -0.05) is 24.3 Å². The van der Waals surface area contributed by atoms with Crippen LogP contribution in [0.2, 0.25) is 0 Å². The largest absolute Gasteiger partial charge is 0.454 e. The van der Waals surface area contributed by atoms with Crippen LogP contribution in [0.15, 0.2) is 53.3 Å². The summed E-state index contributed by atoms with van der Waals surface area (Å²) < 4.78 is 12.4. The number of pyridine rings is 1. The summed E-state index contributed by atoms with van der Waals surface area (Å²) in [5, 5.41) is 4.40. The van der Waals surface area contributed by atoms with Crippen LogP contribution in [-0.4, -0.2) is 11.4 Å². The standard InChI is InChI=1S/C19H18N2O3/c1-21-16-5-3-2-4-14(16)9-15(19(21)22)11-20-10-13-6-7-17-18(8-13)24-12-23-17/h2-9,20H,10-12H2,1H3. The number of hydrogen-bond acceptors (Lipinski definition) is 4. The summed E-state index contributed by atoms with van der Waals surface area (Å²) in [5.41, 5.74) is 2.84. The number of nitrogens with zero attached hydrogens (tertiary/aromatic N) is 1. The first-order valence-electron chi connectivity index (χ1n) is 7.89. The highest BCUT2D eigenvalue weighted by atomic mass is 16.7. The highest BCUT2D eigenvalue weighted by Gasteiger charge is 2.13. The van der Waals surface area contributed by atoms with Crippen LogP contribution in [0.4, 0.5) is 0 Å². The van der Waals surface area contributed by atoms with Gasteiger partial charge in [0.2, 0.25) is 6.79 Å². The Morgan fingerprint density at radius 2 is 1.88 bits per heavy atom. The highest BCUT2D eigenvalue weighted by molar-refractivity contribution is 5.79. The van der Waals surface area contributed by atoms with Crippen molar-refractivity contribution >= 4 is 10.9 Å². The number of aromatic nitrogens is 1. The van der Waals surface area contributed by atoms with E-state index >= 15 is 0 Å². The molecule has 2 aromatic carbocycles. The average molecular weight is 322 g/mol. The number of benzene rings is 2. The first-order valence-corrected chi connectivity index (χ1v) is 7.89. The maximum absolute atomic E-state index is 12.5. The van der Waals surface area contributed by atoms with Crippen LogP contribution in [0.25, 0.3) is 10.9 Å². The third kappa shape index (κ3) is 2.63. The fraction of sp³-hybridized carbons (Fsp3) is 0.211. The summed E-state index contributed by atoms with van der Waals surface area (Å²) in [6.07, 6.45) is 0. The lowest BCUT2D eigenvalue weighted by Crippen LogP contribution is -2.25. The van der Waals surface area contributed by atoms with Crippen molar-refractivity contribution in [1.82, 2.24) is 9.88 Å². The van der Waals surface area contributed by atoms with E-state index in [1.165, 1.54) is 0 Å². The minimum Gasteiger partial charge on any atom is -0.454 e. The third-order valence-corrected chi connectivity index (χ3v) is 4.29. The first-order chi connectivity index (χ1) is 11.7. The molecule has 1 N–H and O–H groups in total. The van der Waals surface area contributed by atoms with E-state index in [4.69, 9.17) is 9.47 Å². The molecular formula is C19H18N2O3. The van der Waals surface area contributed by atoms with Gasteiger partial charge in [0.15, 0.2) is 11.5 Å². The number of nitrogens with one attached hydrogen (secondary N) is 1. The second-order valence-electron chi connectivity index (χ2n) is 5.88. The molecule has 0 atom stereocenters. The molecule has 122 valence electrons. The minimum absolute atomic E-state index is 0.0342. The molecule has 0 unspecified atom stereocenters. The molecule has 1 aliphatic heterocycles. The zero-order valence-corrected chi connectivity index (χ0v) is 13.4. The fourth-order valence-corrected chi connectivity index (χ4v) is 3.01. The Kier molecular flexibility index (Phi) is 3.70. The Hall–Kier alpha value is -2.79. The van der Waals surface area contributed by atoms with Crippen molar-refractivity contribution in [3.63, 3.8) is 0 Å². The van der Waals surface area contributed by atoms with Gasteiger partial charge < -0.3 is 19.4 Å². The quantitative estimate of drug-likeness (QED) is 0.802. The summed E-state index contributed by atoms with van der Waals surface area (Å²) in [5.74, 6) is 1.55. The maximum Gasteiger partial charge on any atom is 0.255 e. The van der Waals surface area contributed by atoms with Gasteiger partial charge in [-0.2, -0.15) is 0 Å². The van der Waals surface area contributed by atoms with Gasteiger partial charge in [-0.05, 0) is 35.2 Å². The van der Waals surface area contributed by atoms with E-state index in [0.717, 1.165) is 33.5 Å². The summed E-state index contributed by atoms with van der Waals surface area (Å²) >= 11 is 0. The second-order valence-corrected chi connectivity index (χ2v) is 5.88. The molecule has 0 amide bonds. The number of ether oxygens (including phenoxy) is 2. The first kappa shape index (κ1) is 14.8. The number of rotatable bonds is 4. The molecule has 2 heterocycles. The normalized spacial score (nSPS) is 12.7. The predicted octanol–water partition coefficient (Wildman–Crippen LogP) is 2.56. The van der Waals surface area contributed by atoms with Gasteiger partial charge in [-0.3, -0.25) is 4.79 Å². The second kappa shape index (κ2) is 6.02. The molecule has 0 aliphatic carbocycles. The van der Waals surface area contributed by atoms with E-state index in [1.54, 1.807) is 4.57 Å². The lowest BCUT2D eigenvalue weighted by atomic mass is 10.1. The van der Waals surface area contributed by atoms with Crippen LogP contribution in [0.1, 0.15) is 11.1 Å². The Morgan fingerprint density at radius 1 is 1.04 bits per heavy atom. The van der Waals surface area contributed by atoms with Crippen LogP contribution in [0.5, 0.6) is 11.5 Å². The van der Waals surface area contributed by atoms with Crippen molar-refractivity contribution in [2.75, 3.05) is 6.79 Å². The van der Waals surface area contributed by atoms with Crippen molar-refractivity contribution in [2.45, 2.75) is 13.1 Å². The Balaban J connectivity index is 1.51. The van der Waals surface area contributed by atoms with Crippen LogP contribution in [-0.2, 0) is 20.1 Å². The van der Waals surface area contributed by atoms with Gasteiger partial charge >= 0.3 is 0 Å². The average Bonchev–Trinajstić information content (AvgIpc) is 3.07. The van der Waals surface area contributed by atoms with E-state index in [2.05, 4.69) is 5.32 Å². The van der Waals surface area contributed by atoms with Crippen LogP contribution in [0.3, 0.4) is 0 Å². The summed E-state index contributed by atoms with van der Waals surface area (Å²) in [4.78, 5) is 12.5. The van der Waals surface area contributed by atoms with E-state index in [1.807, 2.05) is 55.6 Å². The van der Waals surface area contributed by atoms with Crippen molar-refractivity contribution in [1.29, 1.82) is 0 Å². The topological polar surface area (TPSA) is 52.5 Å². The zero-order chi connectivity index (χ0) is 16.5. The molecule has 0 spiro atoms. The lowest BCUT2D eigenvalue weighted by molar-refractivity contribution is 0.174. The van der Waals surface area contributed by atoms with Gasteiger partial charge in [0.25, 0.3) is 5.56 Å². The minimum atomic E-state index is 0.0342. The van der Waals surface area contributed by atoms with Crippen molar-refractivity contribution < 1.29 is 9.47 Å². The zero-order valence-electron chi connectivity index (χ0n) is 13.4. The van der Waals surface area contributed by atoms with Crippen LogP contribution in [0, 0.1) is 0 Å². The van der Waals surface area contributed by atoms with Gasteiger partial charge in [0.1, 0.15) is 0 Å². The van der Waals surface area contributed by atoms with E-state index in [0.29, 0.717) is 13.1 Å². The van der Waals surface area contributed by atoms with Crippen molar-refractivity contribution in [3.8, 4) is 11.5 Å². The molecule has 24 heavy (non-hydrogen) atoms. The molecule has 0 radical (unpaired) electrons. The fourth-order valence-electron chi connectivity index (χ4n) is 3.01. The van der Waals surface area contributed by atoms with E-state index in [-0.39, 0.29) is 12.4 Å². The van der Waals surface area contributed by atoms with Crippen molar-refractivity contribution in [2.24, 2.45) is 7.05 Å². The van der Waals surface area contributed by atoms with Crippen LogP contribution >= 0.6 is 0 Å². The van der Waals surface area contributed by atoms with Gasteiger partial charge in [-0.25, -0.2) is 0 Å². The summed E-state index contributed by atoms with van der Waals surface area (Å²) in [7, 11) is 1.81. The molecule has 0 bridgehead atoms. The van der Waals surface area contributed by atoms with Crippen molar-refractivity contribution in [3.05, 3.63) is 70.0 Å². The van der Waals surface area contributed by atoms with E-state index in [9.17, 15) is 4.79 Å². The van der Waals surface area contributed by atoms with Gasteiger partial charge in [0, 0.05) is 25.7 Å². The molecule has 3 aromatic rings. The van der Waals surface area contributed by atoms with Crippen LogP contribution < -0.4 is 20.3 Å². The molecular weight excluding hydrogens is 304 g/mol. The third-order valence-electron chi connectivity index (χ3n) is 4.29. The molecule has 0 fully saturated rings. The lowest BCUT2D eigenvalue weighted by Gasteiger charge is -2.10. The molecule has 5 nitrogen and oxygen atoms in total. The Bertz CT molecular complexity index is 962. The molecule has 1 aromatic heterocycles. The molecule has 4 rings (SSSR count). The smallest absolute Gasteiger partial charge is 0.255 e. The summed E-state index contributed by atoms with van der Waals surface area (Å²) in [6.45, 7) is 1.46. The van der Waals surface area contributed by atoms with Gasteiger partial charge in [-0.15, -0.1) is 0 Å². The predicted molar refractivity (Wildman–Crippen MR) is 92.3 cm³/mol. The number of hydrogen-bond donors (Lipinski definition) is 1. The van der Waals surface area contributed by atoms with E-state index < -0.39 is 0 Å². The Labute approximate surface area is 139 Å². The molecule has 0 saturated carbocycles. The summed E-state index contributed by atoms with van der Waals surface area (Å²) in [6, 6.07) is 15.7. The monoisotopic (exact) mass is 322 g/mol. The SMILES string of the molecule is Cn1c(=O)c(CNCc2ccc3c(c2)OCO3)cc2ccccc21. The molecule has 0 saturated heterocycles. The van der Waals surface area contributed by atoms with Gasteiger partial charge in [0.05, 0.1) is 5.52 Å². The number of fused-ring (bicyclic) bond motifs is 2. The molecule has 1 aliphatic rings. The number of aryl methyl sites for hydroxylation is 1. The Morgan fingerprint density at radius 3 is 2.79 bits per heavy atom. The maximum atomic E-state index is 12.5. The molecule has 5 heteroatoms. The highest BCUT2D eigenvalue weighted by Crippen LogP contribution is 2.32.